The maximum absolute atomic E-state index is 12.0. The molecule has 19 heavy (non-hydrogen) atoms. The van der Waals surface area contributed by atoms with Crippen LogP contribution in [0.3, 0.4) is 0 Å². The predicted molar refractivity (Wildman–Crippen MR) is 78.2 cm³/mol. The van der Waals surface area contributed by atoms with E-state index in [2.05, 4.69) is 4.72 Å². The minimum atomic E-state index is -3.52. The summed E-state index contributed by atoms with van der Waals surface area (Å²) in [7, 11) is -3.52. The van der Waals surface area contributed by atoms with E-state index in [1.54, 1.807) is 12.1 Å². The van der Waals surface area contributed by atoms with E-state index >= 15 is 0 Å². The molecule has 0 saturated carbocycles. The third-order valence-electron chi connectivity index (χ3n) is 2.59. The van der Waals surface area contributed by atoms with Crippen LogP contribution >= 0.6 is 22.7 Å². The van der Waals surface area contributed by atoms with Crippen molar-refractivity contribution in [3.63, 3.8) is 0 Å². The predicted octanol–water partition coefficient (Wildman–Crippen LogP) is 2.38. The molecule has 0 spiro atoms. The van der Waals surface area contributed by atoms with Crippen LogP contribution < -0.4 is 4.72 Å². The van der Waals surface area contributed by atoms with E-state index in [0.29, 0.717) is 4.21 Å². The Morgan fingerprint density at radius 1 is 1.37 bits per heavy atom. The summed E-state index contributed by atoms with van der Waals surface area (Å²) in [4.78, 5) is 1.78. The molecule has 0 aliphatic rings. The van der Waals surface area contributed by atoms with Gasteiger partial charge in [0, 0.05) is 16.3 Å². The topological polar surface area (TPSA) is 66.4 Å². The van der Waals surface area contributed by atoms with E-state index in [0.717, 1.165) is 16.2 Å². The highest BCUT2D eigenvalue weighted by atomic mass is 32.2. The summed E-state index contributed by atoms with van der Waals surface area (Å²) in [6.45, 7) is 1.97. The second kappa shape index (κ2) is 6.15. The second-order valence-corrected chi connectivity index (χ2v) is 8.10. The van der Waals surface area contributed by atoms with E-state index < -0.39 is 16.1 Å². The highest BCUT2D eigenvalue weighted by Gasteiger charge is 2.18. The largest absolute Gasteiger partial charge is 0.386 e. The molecule has 2 N–H and O–H groups in total. The third-order valence-corrected chi connectivity index (χ3v) is 6.71. The number of nitrogens with one attached hydrogen (secondary N) is 1. The third kappa shape index (κ3) is 3.64. The van der Waals surface area contributed by atoms with Gasteiger partial charge in [0.1, 0.15) is 10.3 Å². The lowest BCUT2D eigenvalue weighted by molar-refractivity contribution is 0.186. The van der Waals surface area contributed by atoms with Gasteiger partial charge in [-0.3, -0.25) is 0 Å². The number of rotatable bonds is 6. The molecule has 0 amide bonds. The Morgan fingerprint density at radius 2 is 2.16 bits per heavy atom. The molecule has 0 saturated heterocycles. The molecule has 2 aromatic heterocycles. The van der Waals surface area contributed by atoms with Crippen LogP contribution in [0.25, 0.3) is 0 Å². The minimum absolute atomic E-state index is 0.0117. The number of sulfonamides is 1. The first-order chi connectivity index (χ1) is 9.03. The Bertz CT molecular complexity index is 616. The van der Waals surface area contributed by atoms with Crippen LogP contribution in [-0.2, 0) is 16.4 Å². The molecule has 1 atom stereocenters. The molecule has 104 valence electrons. The molecule has 0 aliphatic heterocycles. The first kappa shape index (κ1) is 14.7. The molecule has 2 rings (SSSR count). The lowest BCUT2D eigenvalue weighted by atomic mass is 10.3. The zero-order valence-corrected chi connectivity index (χ0v) is 12.8. The van der Waals surface area contributed by atoms with Crippen molar-refractivity contribution >= 4 is 32.7 Å². The monoisotopic (exact) mass is 317 g/mol. The molecule has 4 nitrogen and oxygen atoms in total. The fourth-order valence-electron chi connectivity index (χ4n) is 1.53. The normalized spacial score (nSPS) is 13.6. The van der Waals surface area contributed by atoms with Gasteiger partial charge in [0.05, 0.1) is 0 Å². The maximum Gasteiger partial charge on any atom is 0.250 e. The second-order valence-electron chi connectivity index (χ2n) is 3.96. The number of hydrogen-bond acceptors (Lipinski definition) is 5. The summed E-state index contributed by atoms with van der Waals surface area (Å²) in [5.41, 5.74) is 0. The van der Waals surface area contributed by atoms with Gasteiger partial charge in [0.15, 0.2) is 0 Å². The van der Waals surface area contributed by atoms with Gasteiger partial charge in [0.2, 0.25) is 10.0 Å². The van der Waals surface area contributed by atoms with Crippen LogP contribution in [-0.4, -0.2) is 20.1 Å². The smallest absolute Gasteiger partial charge is 0.250 e. The van der Waals surface area contributed by atoms with Gasteiger partial charge in [0.25, 0.3) is 0 Å². The molecule has 0 aliphatic carbocycles. The zero-order chi connectivity index (χ0) is 13.9. The van der Waals surface area contributed by atoms with E-state index in [1.165, 1.54) is 22.7 Å². The summed E-state index contributed by atoms with van der Waals surface area (Å²) in [6, 6.07) is 7.02. The van der Waals surface area contributed by atoms with Crippen molar-refractivity contribution in [1.82, 2.24) is 4.72 Å². The quantitative estimate of drug-likeness (QED) is 0.859. The van der Waals surface area contributed by atoms with Crippen LogP contribution in [0.1, 0.15) is 22.8 Å². The molecule has 0 bridgehead atoms. The standard InChI is InChI=1S/C12H15NO3S3/c1-2-9-5-6-12(18-9)19(15,16)13-8-10(14)11-4-3-7-17-11/h3-7,10,13-14H,2,8H2,1H3. The van der Waals surface area contributed by atoms with Crippen molar-refractivity contribution in [2.75, 3.05) is 6.54 Å². The van der Waals surface area contributed by atoms with Gasteiger partial charge in [-0.15, -0.1) is 22.7 Å². The highest BCUT2D eigenvalue weighted by molar-refractivity contribution is 7.91. The van der Waals surface area contributed by atoms with Gasteiger partial charge in [-0.2, -0.15) is 0 Å². The molecular formula is C12H15NO3S3. The Balaban J connectivity index is 2.01. The molecule has 0 aromatic carbocycles. The molecule has 7 heteroatoms. The number of aryl methyl sites for hydroxylation is 1. The van der Waals surface area contributed by atoms with Crippen molar-refractivity contribution in [2.45, 2.75) is 23.7 Å². The van der Waals surface area contributed by atoms with Gasteiger partial charge >= 0.3 is 0 Å². The van der Waals surface area contributed by atoms with Crippen molar-refractivity contribution in [2.24, 2.45) is 0 Å². The zero-order valence-electron chi connectivity index (χ0n) is 10.4. The van der Waals surface area contributed by atoms with Crippen LogP contribution in [0.15, 0.2) is 33.9 Å². The molecule has 2 aromatic rings. The van der Waals surface area contributed by atoms with Crippen LogP contribution in [0.2, 0.25) is 0 Å². The van der Waals surface area contributed by atoms with Crippen LogP contribution in [0.5, 0.6) is 0 Å². The summed E-state index contributed by atoms with van der Waals surface area (Å²) in [6.07, 6.45) is 0.0123. The number of thiophene rings is 2. The van der Waals surface area contributed by atoms with Crippen molar-refractivity contribution < 1.29 is 13.5 Å². The summed E-state index contributed by atoms with van der Waals surface area (Å²) in [5, 5.41) is 11.7. The van der Waals surface area contributed by atoms with Crippen LogP contribution in [0.4, 0.5) is 0 Å². The fraction of sp³-hybridized carbons (Fsp3) is 0.333. The molecular weight excluding hydrogens is 302 g/mol. The van der Waals surface area contributed by atoms with Gasteiger partial charge in [-0.1, -0.05) is 13.0 Å². The Labute approximate surface area is 120 Å². The van der Waals surface area contributed by atoms with E-state index in [4.69, 9.17) is 0 Å². The number of aliphatic hydroxyl groups is 1. The van der Waals surface area contributed by atoms with Gasteiger partial charge < -0.3 is 5.11 Å². The van der Waals surface area contributed by atoms with E-state index in [-0.39, 0.29) is 6.54 Å². The molecule has 0 fully saturated rings. The minimum Gasteiger partial charge on any atom is -0.386 e. The van der Waals surface area contributed by atoms with Gasteiger partial charge in [-0.05, 0) is 30.0 Å². The van der Waals surface area contributed by atoms with E-state index in [1.807, 2.05) is 24.4 Å². The highest BCUT2D eigenvalue weighted by Crippen LogP contribution is 2.23. The first-order valence-corrected chi connectivity index (χ1v) is 9.00. The Kier molecular flexibility index (Phi) is 4.75. The van der Waals surface area contributed by atoms with Crippen molar-refractivity contribution in [3.05, 3.63) is 39.4 Å². The molecule has 2 heterocycles. The average Bonchev–Trinajstić information content (AvgIpc) is 3.06. The Hall–Kier alpha value is -0.730. The maximum atomic E-state index is 12.0. The fourth-order valence-corrected chi connectivity index (χ4v) is 4.62. The molecule has 1 unspecified atom stereocenters. The summed E-state index contributed by atoms with van der Waals surface area (Å²) in [5.74, 6) is 0. The van der Waals surface area contributed by atoms with Crippen LogP contribution in [0, 0.1) is 0 Å². The summed E-state index contributed by atoms with van der Waals surface area (Å²) < 4.78 is 26.8. The SMILES string of the molecule is CCc1ccc(S(=O)(=O)NCC(O)c2cccs2)s1. The molecule has 0 radical (unpaired) electrons. The van der Waals surface area contributed by atoms with Crippen molar-refractivity contribution in [3.8, 4) is 0 Å². The Morgan fingerprint density at radius 3 is 2.74 bits per heavy atom. The number of aliphatic hydroxyl groups excluding tert-OH is 1. The van der Waals surface area contributed by atoms with Gasteiger partial charge in [-0.25, -0.2) is 13.1 Å². The van der Waals surface area contributed by atoms with E-state index in [9.17, 15) is 13.5 Å². The lowest BCUT2D eigenvalue weighted by Gasteiger charge is -2.09. The number of hydrogen-bond donors (Lipinski definition) is 2. The first-order valence-electron chi connectivity index (χ1n) is 5.83. The lowest BCUT2D eigenvalue weighted by Crippen LogP contribution is -2.27. The summed E-state index contributed by atoms with van der Waals surface area (Å²) >= 11 is 2.66. The average molecular weight is 317 g/mol. The van der Waals surface area contributed by atoms with Crippen molar-refractivity contribution in [1.29, 1.82) is 0 Å².